The summed E-state index contributed by atoms with van der Waals surface area (Å²) in [5.74, 6) is 6.01. The average Bonchev–Trinajstić information content (AvgIpc) is 3.07. The van der Waals surface area contributed by atoms with Crippen molar-refractivity contribution in [2.24, 2.45) is 11.8 Å². The van der Waals surface area contributed by atoms with Crippen molar-refractivity contribution < 1.29 is 4.79 Å². The summed E-state index contributed by atoms with van der Waals surface area (Å²) in [5, 5.41) is 3.05. The summed E-state index contributed by atoms with van der Waals surface area (Å²) in [6.07, 6.45) is 3.48. The molecular weight excluding hydrogens is 214 g/mol. The number of benzene rings is 1. The smallest absolute Gasteiger partial charge is 0.253 e. The molecule has 0 saturated heterocycles. The molecule has 2 unspecified atom stereocenters. The maximum absolute atomic E-state index is 12.0. The zero-order valence-electron chi connectivity index (χ0n) is 10.1. The fourth-order valence-corrected chi connectivity index (χ4v) is 2.17. The molecular formula is C13H19N3O. The lowest BCUT2D eigenvalue weighted by molar-refractivity contribution is 0.0949. The molecule has 0 aromatic heterocycles. The van der Waals surface area contributed by atoms with Crippen LogP contribution in [0.2, 0.25) is 0 Å². The van der Waals surface area contributed by atoms with E-state index in [0.717, 1.165) is 6.42 Å². The summed E-state index contributed by atoms with van der Waals surface area (Å²) in [6.45, 7) is 2.17. The molecule has 17 heavy (non-hydrogen) atoms. The van der Waals surface area contributed by atoms with Crippen LogP contribution in [0.15, 0.2) is 24.3 Å². The van der Waals surface area contributed by atoms with Gasteiger partial charge < -0.3 is 10.7 Å². The number of nitrogens with two attached hydrogens (primary N) is 1. The lowest BCUT2D eigenvalue weighted by Crippen LogP contribution is -2.28. The van der Waals surface area contributed by atoms with Crippen molar-refractivity contribution >= 4 is 11.6 Å². The highest BCUT2D eigenvalue weighted by molar-refractivity contribution is 5.99. The van der Waals surface area contributed by atoms with Crippen molar-refractivity contribution in [2.75, 3.05) is 5.43 Å². The van der Waals surface area contributed by atoms with E-state index in [1.165, 1.54) is 12.8 Å². The largest absolute Gasteiger partial charge is 0.349 e. The number of hydrogen-bond acceptors (Lipinski definition) is 3. The second kappa shape index (κ2) is 5.19. The fourth-order valence-electron chi connectivity index (χ4n) is 2.17. The van der Waals surface area contributed by atoms with Crippen LogP contribution in [0.1, 0.15) is 36.5 Å². The molecule has 2 rings (SSSR count). The van der Waals surface area contributed by atoms with Gasteiger partial charge in [0, 0.05) is 6.04 Å². The van der Waals surface area contributed by atoms with Crippen LogP contribution in [-0.2, 0) is 0 Å². The zero-order chi connectivity index (χ0) is 12.3. The monoisotopic (exact) mass is 233 g/mol. The van der Waals surface area contributed by atoms with E-state index < -0.39 is 0 Å². The van der Waals surface area contributed by atoms with Gasteiger partial charge in [0.2, 0.25) is 0 Å². The lowest BCUT2D eigenvalue weighted by atomic mass is 10.1. The maximum Gasteiger partial charge on any atom is 0.253 e. The molecule has 1 aliphatic carbocycles. The van der Waals surface area contributed by atoms with Crippen LogP contribution in [0.25, 0.3) is 0 Å². The van der Waals surface area contributed by atoms with Gasteiger partial charge in [-0.05, 0) is 30.9 Å². The number of amides is 1. The highest BCUT2D eigenvalue weighted by atomic mass is 16.1. The quantitative estimate of drug-likeness (QED) is 0.537. The predicted octanol–water partition coefficient (Wildman–Crippen LogP) is 1.89. The molecule has 0 spiro atoms. The van der Waals surface area contributed by atoms with Crippen molar-refractivity contribution in [3.05, 3.63) is 29.8 Å². The van der Waals surface area contributed by atoms with Crippen molar-refractivity contribution in [1.29, 1.82) is 0 Å². The normalized spacial score (nSPS) is 22.0. The molecule has 1 aromatic carbocycles. The Bertz CT molecular complexity index is 405. The molecule has 0 bridgehead atoms. The number of carbonyl (C=O) groups is 1. The van der Waals surface area contributed by atoms with E-state index in [4.69, 9.17) is 5.84 Å². The second-order valence-electron chi connectivity index (χ2n) is 4.55. The minimum atomic E-state index is -0.0397. The number of para-hydroxylation sites is 1. The van der Waals surface area contributed by atoms with E-state index in [1.807, 2.05) is 12.1 Å². The Balaban J connectivity index is 1.96. The van der Waals surface area contributed by atoms with Gasteiger partial charge in [-0.1, -0.05) is 25.5 Å². The minimum absolute atomic E-state index is 0.0397. The summed E-state index contributed by atoms with van der Waals surface area (Å²) < 4.78 is 0. The Kier molecular flexibility index (Phi) is 3.64. The molecule has 0 heterocycles. The van der Waals surface area contributed by atoms with Gasteiger partial charge in [-0.25, -0.2) is 0 Å². The third-order valence-corrected chi connectivity index (χ3v) is 3.23. The van der Waals surface area contributed by atoms with Gasteiger partial charge in [0.05, 0.1) is 11.3 Å². The third-order valence-electron chi connectivity index (χ3n) is 3.23. The van der Waals surface area contributed by atoms with E-state index >= 15 is 0 Å². The molecule has 92 valence electrons. The Hall–Kier alpha value is -1.55. The Morgan fingerprint density at radius 2 is 2.24 bits per heavy atom. The number of nitrogens with one attached hydrogen (secondary N) is 2. The first-order valence-corrected chi connectivity index (χ1v) is 6.12. The van der Waals surface area contributed by atoms with Gasteiger partial charge >= 0.3 is 0 Å². The van der Waals surface area contributed by atoms with Gasteiger partial charge in [-0.3, -0.25) is 10.6 Å². The third kappa shape index (κ3) is 2.77. The van der Waals surface area contributed by atoms with Crippen molar-refractivity contribution in [3.63, 3.8) is 0 Å². The van der Waals surface area contributed by atoms with Crippen LogP contribution in [0.4, 0.5) is 5.69 Å². The van der Waals surface area contributed by atoms with E-state index in [1.54, 1.807) is 12.1 Å². The molecule has 1 aromatic rings. The Labute approximate surface area is 102 Å². The predicted molar refractivity (Wildman–Crippen MR) is 68.5 cm³/mol. The molecule has 1 aliphatic rings. The molecule has 4 N–H and O–H groups in total. The summed E-state index contributed by atoms with van der Waals surface area (Å²) in [5.41, 5.74) is 3.82. The molecule has 1 fully saturated rings. The van der Waals surface area contributed by atoms with Crippen LogP contribution in [0.5, 0.6) is 0 Å². The Morgan fingerprint density at radius 3 is 2.94 bits per heavy atom. The summed E-state index contributed by atoms with van der Waals surface area (Å²) in [7, 11) is 0. The summed E-state index contributed by atoms with van der Waals surface area (Å²) in [6, 6.07) is 7.62. The minimum Gasteiger partial charge on any atom is -0.349 e. The molecule has 1 saturated carbocycles. The number of rotatable bonds is 5. The number of nitrogen functional groups attached to an aromatic ring is 1. The van der Waals surface area contributed by atoms with Gasteiger partial charge in [0.25, 0.3) is 5.91 Å². The molecule has 0 aliphatic heterocycles. The summed E-state index contributed by atoms with van der Waals surface area (Å²) >= 11 is 0. The second-order valence-corrected chi connectivity index (χ2v) is 4.55. The molecule has 0 radical (unpaired) electrons. The van der Waals surface area contributed by atoms with Gasteiger partial charge in [0.1, 0.15) is 0 Å². The van der Waals surface area contributed by atoms with Crippen molar-refractivity contribution in [1.82, 2.24) is 5.32 Å². The topological polar surface area (TPSA) is 67.2 Å². The van der Waals surface area contributed by atoms with E-state index in [9.17, 15) is 4.79 Å². The number of hydrogen-bond donors (Lipinski definition) is 3. The lowest BCUT2D eigenvalue weighted by Gasteiger charge is -2.09. The van der Waals surface area contributed by atoms with Gasteiger partial charge in [-0.2, -0.15) is 0 Å². The van der Waals surface area contributed by atoms with Gasteiger partial charge in [-0.15, -0.1) is 0 Å². The van der Waals surface area contributed by atoms with Crippen molar-refractivity contribution in [3.8, 4) is 0 Å². The van der Waals surface area contributed by atoms with Crippen molar-refractivity contribution in [2.45, 2.75) is 32.2 Å². The molecule has 1 amide bonds. The molecule has 4 nitrogen and oxygen atoms in total. The highest BCUT2D eigenvalue weighted by Gasteiger charge is 2.37. The number of carbonyl (C=O) groups excluding carboxylic acids is 1. The fraction of sp³-hybridized carbons (Fsp3) is 0.462. The van der Waals surface area contributed by atoms with Gasteiger partial charge in [0.15, 0.2) is 0 Å². The van der Waals surface area contributed by atoms with Crippen LogP contribution < -0.4 is 16.6 Å². The molecule has 4 heteroatoms. The maximum atomic E-state index is 12.0. The van der Waals surface area contributed by atoms with Crippen LogP contribution in [-0.4, -0.2) is 11.9 Å². The number of anilines is 1. The highest BCUT2D eigenvalue weighted by Crippen LogP contribution is 2.34. The zero-order valence-corrected chi connectivity index (χ0v) is 10.1. The first-order chi connectivity index (χ1) is 8.26. The average molecular weight is 233 g/mol. The van der Waals surface area contributed by atoms with E-state index in [-0.39, 0.29) is 5.91 Å². The Morgan fingerprint density at radius 1 is 1.47 bits per heavy atom. The van der Waals surface area contributed by atoms with E-state index in [2.05, 4.69) is 17.7 Å². The first-order valence-electron chi connectivity index (χ1n) is 6.12. The number of hydrazine groups is 1. The first kappa shape index (κ1) is 11.9. The van der Waals surface area contributed by atoms with Crippen LogP contribution in [0.3, 0.4) is 0 Å². The van der Waals surface area contributed by atoms with Crippen LogP contribution in [0, 0.1) is 5.92 Å². The van der Waals surface area contributed by atoms with E-state index in [0.29, 0.717) is 23.2 Å². The SMILES string of the molecule is CCCC1CC1NC(=O)c1ccccc1NN. The summed E-state index contributed by atoms with van der Waals surface area (Å²) in [4.78, 5) is 12.0. The molecule has 2 atom stereocenters. The standard InChI is InChI=1S/C13H19N3O/c1-2-5-9-8-12(9)15-13(17)10-6-3-4-7-11(10)16-14/h3-4,6-7,9,12,16H,2,5,8,14H2,1H3,(H,15,17). The van der Waals surface area contributed by atoms with Crippen LogP contribution >= 0.6 is 0 Å².